The number of nitrogens with one attached hydrogen (secondary N) is 1. The van der Waals surface area contributed by atoms with Crippen molar-refractivity contribution in [3.8, 4) is 11.5 Å². The summed E-state index contributed by atoms with van der Waals surface area (Å²) in [6.45, 7) is -0.995. The van der Waals surface area contributed by atoms with Crippen LogP contribution in [0.2, 0.25) is 0 Å². The lowest BCUT2D eigenvalue weighted by Gasteiger charge is -2.15. The molecule has 3 rings (SSSR count). The molecule has 0 saturated carbocycles. The first-order valence-electron chi connectivity index (χ1n) is 8.86. The standard InChI is InChI=1S/C22H21F2NO3/c1-14(15-7-8-17-12-19(27-2)10-9-16(17)11-15)21(26)25-13-18-5-3-4-6-20(18)28-22(23)24/h3-12,14,22H,13H2,1-2H3,(H,25,26)/t14-/m1/s1. The first kappa shape index (κ1) is 19.6. The SMILES string of the molecule is COc1ccc2cc([C@@H](C)C(=O)NCc3ccccc3OC(F)F)ccc2c1. The average molecular weight is 385 g/mol. The van der Waals surface area contributed by atoms with Gasteiger partial charge in [0.15, 0.2) is 0 Å². The Morgan fingerprint density at radius 1 is 1.04 bits per heavy atom. The van der Waals surface area contributed by atoms with Gasteiger partial charge in [-0.15, -0.1) is 0 Å². The van der Waals surface area contributed by atoms with Crippen molar-refractivity contribution < 1.29 is 23.0 Å². The van der Waals surface area contributed by atoms with Crippen LogP contribution in [0.5, 0.6) is 11.5 Å². The van der Waals surface area contributed by atoms with Crippen LogP contribution in [0.4, 0.5) is 8.78 Å². The van der Waals surface area contributed by atoms with Gasteiger partial charge in [0.05, 0.1) is 13.0 Å². The van der Waals surface area contributed by atoms with E-state index in [0.717, 1.165) is 22.1 Å². The highest BCUT2D eigenvalue weighted by molar-refractivity contribution is 5.88. The van der Waals surface area contributed by atoms with Gasteiger partial charge in [0.2, 0.25) is 5.91 Å². The van der Waals surface area contributed by atoms with Gasteiger partial charge in [-0.2, -0.15) is 8.78 Å². The summed E-state index contributed by atoms with van der Waals surface area (Å²) < 4.78 is 34.7. The minimum atomic E-state index is -2.91. The summed E-state index contributed by atoms with van der Waals surface area (Å²) in [6.07, 6.45) is 0. The third-order valence-corrected chi connectivity index (χ3v) is 4.61. The zero-order valence-electron chi connectivity index (χ0n) is 15.6. The van der Waals surface area contributed by atoms with Gasteiger partial charge < -0.3 is 14.8 Å². The Kier molecular flexibility index (Phi) is 6.09. The molecular weight excluding hydrogens is 364 g/mol. The first-order valence-corrected chi connectivity index (χ1v) is 8.86. The minimum absolute atomic E-state index is 0.0603. The molecule has 0 aliphatic heterocycles. The molecule has 0 heterocycles. The number of fused-ring (bicyclic) bond motifs is 1. The molecule has 0 aliphatic rings. The van der Waals surface area contributed by atoms with E-state index >= 15 is 0 Å². The molecule has 146 valence electrons. The molecule has 6 heteroatoms. The second-order valence-electron chi connectivity index (χ2n) is 6.40. The number of hydrogen-bond donors (Lipinski definition) is 1. The number of amides is 1. The lowest BCUT2D eigenvalue weighted by Crippen LogP contribution is -2.27. The van der Waals surface area contributed by atoms with Gasteiger partial charge in [-0.1, -0.05) is 42.5 Å². The fourth-order valence-corrected chi connectivity index (χ4v) is 2.99. The number of hydrogen-bond acceptors (Lipinski definition) is 3. The van der Waals surface area contributed by atoms with Crippen molar-refractivity contribution in [1.29, 1.82) is 0 Å². The zero-order valence-corrected chi connectivity index (χ0v) is 15.6. The molecule has 0 saturated heterocycles. The van der Waals surface area contributed by atoms with Gasteiger partial charge >= 0.3 is 6.61 Å². The predicted octanol–water partition coefficient (Wildman–Crippen LogP) is 4.87. The molecule has 0 bridgehead atoms. The Morgan fingerprint density at radius 3 is 2.50 bits per heavy atom. The summed E-state index contributed by atoms with van der Waals surface area (Å²) in [5.74, 6) is 0.246. The van der Waals surface area contributed by atoms with Crippen molar-refractivity contribution >= 4 is 16.7 Å². The average Bonchev–Trinajstić information content (AvgIpc) is 2.71. The monoisotopic (exact) mass is 385 g/mol. The maximum absolute atomic E-state index is 12.6. The summed E-state index contributed by atoms with van der Waals surface area (Å²) in [7, 11) is 1.62. The quantitative estimate of drug-likeness (QED) is 0.631. The summed E-state index contributed by atoms with van der Waals surface area (Å²) in [6, 6.07) is 18.0. The Labute approximate surface area is 162 Å². The van der Waals surface area contributed by atoms with E-state index in [-0.39, 0.29) is 18.2 Å². The Bertz CT molecular complexity index is 975. The molecule has 3 aromatic carbocycles. The number of carbonyl (C=O) groups is 1. The number of alkyl halides is 2. The molecule has 3 aromatic rings. The van der Waals surface area contributed by atoms with Crippen molar-refractivity contribution in [3.63, 3.8) is 0 Å². The maximum atomic E-state index is 12.6. The molecule has 0 fully saturated rings. The van der Waals surface area contributed by atoms with E-state index in [1.165, 1.54) is 6.07 Å². The minimum Gasteiger partial charge on any atom is -0.497 e. The van der Waals surface area contributed by atoms with Crippen molar-refractivity contribution in [3.05, 3.63) is 71.8 Å². The van der Waals surface area contributed by atoms with E-state index in [2.05, 4.69) is 10.1 Å². The molecule has 4 nitrogen and oxygen atoms in total. The molecule has 0 unspecified atom stereocenters. The molecule has 28 heavy (non-hydrogen) atoms. The highest BCUT2D eigenvalue weighted by atomic mass is 19.3. The number of rotatable bonds is 7. The number of para-hydroxylation sites is 1. The molecule has 0 radical (unpaired) electrons. The zero-order chi connectivity index (χ0) is 20.1. The number of benzene rings is 3. The highest BCUT2D eigenvalue weighted by Gasteiger charge is 2.17. The van der Waals surface area contributed by atoms with E-state index < -0.39 is 12.5 Å². The van der Waals surface area contributed by atoms with Crippen LogP contribution in [0, 0.1) is 0 Å². The lowest BCUT2D eigenvalue weighted by molar-refractivity contribution is -0.122. The third-order valence-electron chi connectivity index (χ3n) is 4.61. The van der Waals surface area contributed by atoms with Crippen molar-refractivity contribution in [2.45, 2.75) is 26.0 Å². The maximum Gasteiger partial charge on any atom is 0.387 e. The smallest absolute Gasteiger partial charge is 0.387 e. The van der Waals surface area contributed by atoms with Gasteiger partial charge in [0.1, 0.15) is 11.5 Å². The molecule has 0 spiro atoms. The predicted molar refractivity (Wildman–Crippen MR) is 104 cm³/mol. The van der Waals surface area contributed by atoms with E-state index in [1.54, 1.807) is 25.3 Å². The fraction of sp³-hybridized carbons (Fsp3) is 0.227. The molecule has 1 atom stereocenters. The molecular formula is C22H21F2NO3. The lowest BCUT2D eigenvalue weighted by atomic mass is 9.97. The van der Waals surface area contributed by atoms with E-state index in [0.29, 0.717) is 5.56 Å². The molecule has 1 amide bonds. The van der Waals surface area contributed by atoms with E-state index in [1.807, 2.05) is 43.3 Å². The van der Waals surface area contributed by atoms with Crippen LogP contribution in [-0.2, 0) is 11.3 Å². The second-order valence-corrected chi connectivity index (χ2v) is 6.40. The van der Waals surface area contributed by atoms with Gasteiger partial charge in [0, 0.05) is 12.1 Å². The van der Waals surface area contributed by atoms with E-state index in [4.69, 9.17) is 4.74 Å². The summed E-state index contributed by atoms with van der Waals surface area (Å²) in [5.41, 5.74) is 1.36. The van der Waals surface area contributed by atoms with Crippen LogP contribution in [0.1, 0.15) is 24.0 Å². The van der Waals surface area contributed by atoms with Crippen molar-refractivity contribution in [2.75, 3.05) is 7.11 Å². The second kappa shape index (κ2) is 8.69. The van der Waals surface area contributed by atoms with Crippen LogP contribution in [0.3, 0.4) is 0 Å². The van der Waals surface area contributed by atoms with Crippen LogP contribution in [0.25, 0.3) is 10.8 Å². The molecule has 0 aromatic heterocycles. The van der Waals surface area contributed by atoms with E-state index in [9.17, 15) is 13.6 Å². The third kappa shape index (κ3) is 4.57. The van der Waals surface area contributed by atoms with Crippen molar-refractivity contribution in [1.82, 2.24) is 5.32 Å². The molecule has 1 N–H and O–H groups in total. The Balaban J connectivity index is 1.70. The number of carbonyl (C=O) groups excluding carboxylic acids is 1. The van der Waals surface area contributed by atoms with Crippen LogP contribution >= 0.6 is 0 Å². The summed E-state index contributed by atoms with van der Waals surface area (Å²) in [5, 5.41) is 4.82. The van der Waals surface area contributed by atoms with Gasteiger partial charge in [0.25, 0.3) is 0 Å². The summed E-state index contributed by atoms with van der Waals surface area (Å²) in [4.78, 5) is 12.6. The van der Waals surface area contributed by atoms with Crippen molar-refractivity contribution in [2.24, 2.45) is 0 Å². The highest BCUT2D eigenvalue weighted by Crippen LogP contribution is 2.26. The molecule has 0 aliphatic carbocycles. The summed E-state index contributed by atoms with van der Waals surface area (Å²) >= 11 is 0. The number of methoxy groups -OCH3 is 1. The van der Waals surface area contributed by atoms with Crippen LogP contribution in [-0.4, -0.2) is 19.6 Å². The largest absolute Gasteiger partial charge is 0.497 e. The normalized spacial score (nSPS) is 12.0. The topological polar surface area (TPSA) is 47.6 Å². The Hall–Kier alpha value is -3.15. The first-order chi connectivity index (χ1) is 13.5. The van der Waals surface area contributed by atoms with Crippen LogP contribution in [0.15, 0.2) is 60.7 Å². The van der Waals surface area contributed by atoms with Gasteiger partial charge in [-0.05, 0) is 41.5 Å². The number of halogens is 2. The number of ether oxygens (including phenoxy) is 2. The van der Waals surface area contributed by atoms with Crippen LogP contribution < -0.4 is 14.8 Å². The van der Waals surface area contributed by atoms with Gasteiger partial charge in [-0.3, -0.25) is 4.79 Å². The fourth-order valence-electron chi connectivity index (χ4n) is 2.99. The Morgan fingerprint density at radius 2 is 1.75 bits per heavy atom. The van der Waals surface area contributed by atoms with Gasteiger partial charge in [-0.25, -0.2) is 0 Å².